The zero-order chi connectivity index (χ0) is 12.1. The van der Waals surface area contributed by atoms with Crippen molar-refractivity contribution in [2.24, 2.45) is 0 Å². The van der Waals surface area contributed by atoms with Crippen LogP contribution in [0.2, 0.25) is 0 Å². The molecule has 0 aliphatic rings. The summed E-state index contributed by atoms with van der Waals surface area (Å²) >= 11 is 3.11. The summed E-state index contributed by atoms with van der Waals surface area (Å²) in [4.78, 5) is 10.3. The van der Waals surface area contributed by atoms with Crippen LogP contribution < -0.4 is 4.74 Å². The van der Waals surface area contributed by atoms with Crippen molar-refractivity contribution in [2.75, 3.05) is 11.9 Å². The van der Waals surface area contributed by atoms with Crippen LogP contribution in [0.5, 0.6) is 5.75 Å². The number of hydrogen-bond acceptors (Lipinski definition) is 4. The van der Waals surface area contributed by atoms with Crippen LogP contribution in [0, 0.1) is 10.1 Å². The quantitative estimate of drug-likeness (QED) is 0.513. The molecule has 0 spiro atoms. The van der Waals surface area contributed by atoms with Gasteiger partial charge in [-0.3, -0.25) is 10.1 Å². The van der Waals surface area contributed by atoms with Gasteiger partial charge >= 0.3 is 5.69 Å². The predicted octanol–water partition coefficient (Wildman–Crippen LogP) is 2.42. The molecular weight excluding hydrogens is 278 g/mol. The first kappa shape index (κ1) is 12.9. The Labute approximate surface area is 101 Å². The topological polar surface area (TPSA) is 72.6 Å². The fourth-order valence-corrected chi connectivity index (χ4v) is 1.62. The second-order valence-electron chi connectivity index (χ2n) is 3.09. The maximum atomic E-state index is 10.8. The van der Waals surface area contributed by atoms with Gasteiger partial charge in [0.05, 0.1) is 17.6 Å². The summed E-state index contributed by atoms with van der Waals surface area (Å²) in [7, 11) is 0. The molecule has 5 nitrogen and oxygen atoms in total. The van der Waals surface area contributed by atoms with Crippen LogP contribution >= 0.6 is 15.9 Å². The van der Waals surface area contributed by atoms with Gasteiger partial charge in [0.2, 0.25) is 0 Å². The van der Waals surface area contributed by atoms with Gasteiger partial charge in [-0.1, -0.05) is 22.0 Å². The van der Waals surface area contributed by atoms with Crippen LogP contribution in [0.25, 0.3) is 0 Å². The highest BCUT2D eigenvalue weighted by atomic mass is 79.9. The summed E-state index contributed by atoms with van der Waals surface area (Å²) in [6.07, 6.45) is -0.755. The molecule has 0 fully saturated rings. The van der Waals surface area contributed by atoms with Crippen molar-refractivity contribution in [1.29, 1.82) is 0 Å². The van der Waals surface area contributed by atoms with Crippen molar-refractivity contribution in [3.63, 3.8) is 0 Å². The van der Waals surface area contributed by atoms with E-state index in [1.165, 1.54) is 12.1 Å². The van der Waals surface area contributed by atoms with E-state index in [4.69, 9.17) is 4.74 Å². The lowest BCUT2D eigenvalue weighted by Crippen LogP contribution is -2.02. The van der Waals surface area contributed by atoms with Gasteiger partial charge in [0, 0.05) is 11.4 Å². The van der Waals surface area contributed by atoms with Crippen LogP contribution in [-0.2, 0) is 0 Å². The van der Waals surface area contributed by atoms with E-state index in [1.807, 2.05) is 0 Å². The second kappa shape index (κ2) is 5.81. The summed E-state index contributed by atoms with van der Waals surface area (Å²) in [6, 6.07) is 4.45. The number of nitro groups is 1. The molecule has 1 aromatic carbocycles. The number of halogens is 1. The van der Waals surface area contributed by atoms with Crippen LogP contribution in [0.3, 0.4) is 0 Å². The van der Waals surface area contributed by atoms with Gasteiger partial charge in [0.25, 0.3) is 0 Å². The van der Waals surface area contributed by atoms with Crippen molar-refractivity contribution in [2.45, 2.75) is 13.0 Å². The Morgan fingerprint density at radius 3 is 2.81 bits per heavy atom. The van der Waals surface area contributed by atoms with Gasteiger partial charge < -0.3 is 9.84 Å². The largest absolute Gasteiger partial charge is 0.487 e. The van der Waals surface area contributed by atoms with Crippen molar-refractivity contribution >= 4 is 21.6 Å². The number of rotatable bonds is 5. The minimum absolute atomic E-state index is 0.126. The molecule has 1 aromatic rings. The molecule has 0 aliphatic carbocycles. The summed E-state index contributed by atoms with van der Waals surface area (Å²) in [5, 5.41) is 20.7. The number of benzene rings is 1. The highest BCUT2D eigenvalue weighted by Crippen LogP contribution is 2.30. The van der Waals surface area contributed by atoms with E-state index in [-0.39, 0.29) is 11.4 Å². The highest BCUT2D eigenvalue weighted by molar-refractivity contribution is 9.09. The van der Waals surface area contributed by atoms with Crippen molar-refractivity contribution in [3.8, 4) is 5.75 Å². The summed E-state index contributed by atoms with van der Waals surface area (Å²) in [5.74, 6) is 0.220. The van der Waals surface area contributed by atoms with E-state index >= 15 is 0 Å². The zero-order valence-corrected chi connectivity index (χ0v) is 10.3. The fraction of sp³-hybridized carbons (Fsp3) is 0.400. The Balaban J connectivity index is 3.12. The van der Waals surface area contributed by atoms with Gasteiger partial charge in [-0.15, -0.1) is 0 Å². The minimum atomic E-state index is -0.755. The number of ether oxygens (including phenoxy) is 1. The summed E-state index contributed by atoms with van der Waals surface area (Å²) < 4.78 is 5.13. The van der Waals surface area contributed by atoms with E-state index < -0.39 is 11.0 Å². The van der Waals surface area contributed by atoms with Crippen LogP contribution in [0.15, 0.2) is 18.2 Å². The lowest BCUT2D eigenvalue weighted by molar-refractivity contribution is -0.386. The third-order valence-corrected chi connectivity index (χ3v) is 2.62. The normalized spacial score (nSPS) is 12.2. The van der Waals surface area contributed by atoms with Crippen LogP contribution in [0.4, 0.5) is 5.69 Å². The van der Waals surface area contributed by atoms with Crippen molar-refractivity contribution in [3.05, 3.63) is 33.9 Å². The molecule has 0 aromatic heterocycles. The fourth-order valence-electron chi connectivity index (χ4n) is 1.25. The Kier molecular flexibility index (Phi) is 4.70. The average Bonchev–Trinajstić information content (AvgIpc) is 2.28. The minimum Gasteiger partial charge on any atom is -0.487 e. The number of aliphatic hydroxyl groups is 1. The van der Waals surface area contributed by atoms with Crippen LogP contribution in [-0.4, -0.2) is 22.0 Å². The molecule has 0 saturated heterocycles. The molecule has 0 aliphatic heterocycles. The molecule has 6 heteroatoms. The van der Waals surface area contributed by atoms with E-state index in [1.54, 1.807) is 13.0 Å². The van der Waals surface area contributed by atoms with Gasteiger partial charge in [-0.25, -0.2) is 0 Å². The Morgan fingerprint density at radius 2 is 2.31 bits per heavy atom. The lowest BCUT2D eigenvalue weighted by Gasteiger charge is -2.09. The Bertz CT molecular complexity index is 383. The Morgan fingerprint density at radius 1 is 1.62 bits per heavy atom. The van der Waals surface area contributed by atoms with Gasteiger partial charge in [-0.2, -0.15) is 0 Å². The molecule has 0 amide bonds. The average molecular weight is 290 g/mol. The molecule has 0 radical (unpaired) electrons. The SMILES string of the molecule is CCOc1ccc(C(O)CBr)cc1[N+](=O)[O-]. The molecule has 16 heavy (non-hydrogen) atoms. The highest BCUT2D eigenvalue weighted by Gasteiger charge is 2.18. The first-order valence-corrected chi connectivity index (χ1v) is 5.87. The first-order chi connectivity index (χ1) is 7.60. The van der Waals surface area contributed by atoms with Crippen molar-refractivity contribution < 1.29 is 14.8 Å². The Hall–Kier alpha value is -1.14. The molecular formula is C10H12BrNO4. The standard InChI is InChI=1S/C10H12BrNO4/c1-2-16-10-4-3-7(9(13)6-11)5-8(10)12(14)15/h3-5,9,13H,2,6H2,1H3. The molecule has 1 atom stereocenters. The molecule has 0 heterocycles. The molecule has 1 rings (SSSR count). The van der Waals surface area contributed by atoms with E-state index in [0.29, 0.717) is 17.5 Å². The second-order valence-corrected chi connectivity index (χ2v) is 3.73. The number of aliphatic hydroxyl groups excluding tert-OH is 1. The monoisotopic (exact) mass is 289 g/mol. The number of hydrogen-bond donors (Lipinski definition) is 1. The molecule has 0 saturated carbocycles. The zero-order valence-electron chi connectivity index (χ0n) is 8.72. The summed E-state index contributed by atoms with van der Waals surface area (Å²) in [6.45, 7) is 2.12. The van der Waals surface area contributed by atoms with Gasteiger partial charge in [0.1, 0.15) is 0 Å². The third-order valence-electron chi connectivity index (χ3n) is 2.01. The van der Waals surface area contributed by atoms with E-state index in [0.717, 1.165) is 0 Å². The number of alkyl halides is 1. The maximum absolute atomic E-state index is 10.8. The molecule has 88 valence electrons. The van der Waals surface area contributed by atoms with Gasteiger partial charge in [-0.05, 0) is 18.6 Å². The number of nitro benzene ring substituents is 1. The molecule has 1 N–H and O–H groups in total. The smallest absolute Gasteiger partial charge is 0.311 e. The van der Waals surface area contributed by atoms with E-state index in [9.17, 15) is 15.2 Å². The molecule has 1 unspecified atom stereocenters. The first-order valence-electron chi connectivity index (χ1n) is 4.75. The predicted molar refractivity (Wildman–Crippen MR) is 63.0 cm³/mol. The molecule has 0 bridgehead atoms. The van der Waals surface area contributed by atoms with E-state index in [2.05, 4.69) is 15.9 Å². The maximum Gasteiger partial charge on any atom is 0.311 e. The number of nitrogens with zero attached hydrogens (tertiary/aromatic N) is 1. The van der Waals surface area contributed by atoms with Crippen LogP contribution in [0.1, 0.15) is 18.6 Å². The summed E-state index contributed by atoms with van der Waals surface area (Å²) in [5.41, 5.74) is 0.367. The van der Waals surface area contributed by atoms with Gasteiger partial charge in [0.15, 0.2) is 5.75 Å². The van der Waals surface area contributed by atoms with Crippen molar-refractivity contribution in [1.82, 2.24) is 0 Å². The third kappa shape index (κ3) is 2.93. The lowest BCUT2D eigenvalue weighted by atomic mass is 10.1.